The van der Waals surface area contributed by atoms with E-state index in [1.807, 2.05) is 0 Å². The first-order valence-electron chi connectivity index (χ1n) is 5.59. The standard InChI is InChI=1S/C13H16F2O3S/c1-12(2,3)18-10-9-13(14,15)19(16,17)11-7-5-4-6-8-11/h4-10H,1-3H3/b10-9+. The second-order valence-corrected chi connectivity index (χ2v) is 6.93. The first-order valence-corrected chi connectivity index (χ1v) is 7.08. The van der Waals surface area contributed by atoms with Crippen LogP contribution in [0.15, 0.2) is 47.6 Å². The molecule has 19 heavy (non-hydrogen) atoms. The quantitative estimate of drug-likeness (QED) is 0.798. The normalized spacial score (nSPS) is 13.7. The fourth-order valence-corrected chi connectivity index (χ4v) is 2.23. The van der Waals surface area contributed by atoms with E-state index in [0.717, 1.165) is 18.4 Å². The molecule has 0 bridgehead atoms. The average Bonchev–Trinajstić information content (AvgIpc) is 2.28. The molecule has 0 saturated carbocycles. The zero-order valence-corrected chi connectivity index (χ0v) is 11.7. The van der Waals surface area contributed by atoms with E-state index in [2.05, 4.69) is 0 Å². The number of hydrogen-bond acceptors (Lipinski definition) is 3. The highest BCUT2D eigenvalue weighted by Crippen LogP contribution is 2.30. The first kappa shape index (κ1) is 15.6. The Morgan fingerprint density at radius 1 is 1.11 bits per heavy atom. The molecule has 0 saturated heterocycles. The van der Waals surface area contributed by atoms with E-state index in [4.69, 9.17) is 4.74 Å². The summed E-state index contributed by atoms with van der Waals surface area (Å²) < 4.78 is 55.9. The van der Waals surface area contributed by atoms with Crippen LogP contribution in [0.5, 0.6) is 0 Å². The van der Waals surface area contributed by atoms with Crippen LogP contribution in [-0.4, -0.2) is 19.3 Å². The van der Waals surface area contributed by atoms with Crippen LogP contribution in [0.25, 0.3) is 0 Å². The highest BCUT2D eigenvalue weighted by Gasteiger charge is 2.43. The van der Waals surface area contributed by atoms with Gasteiger partial charge in [0.15, 0.2) is 0 Å². The molecule has 0 aliphatic carbocycles. The van der Waals surface area contributed by atoms with Crippen molar-refractivity contribution in [1.29, 1.82) is 0 Å². The van der Waals surface area contributed by atoms with E-state index in [0.29, 0.717) is 0 Å². The van der Waals surface area contributed by atoms with Crippen molar-refractivity contribution < 1.29 is 21.9 Å². The minimum atomic E-state index is -4.76. The number of rotatable bonds is 4. The Morgan fingerprint density at radius 3 is 2.11 bits per heavy atom. The van der Waals surface area contributed by atoms with Crippen LogP contribution in [0.2, 0.25) is 0 Å². The molecule has 1 aromatic carbocycles. The minimum absolute atomic E-state index is 0.251. The highest BCUT2D eigenvalue weighted by atomic mass is 32.2. The van der Waals surface area contributed by atoms with Gasteiger partial charge in [0.25, 0.3) is 0 Å². The van der Waals surface area contributed by atoms with E-state index in [-0.39, 0.29) is 6.08 Å². The van der Waals surface area contributed by atoms with E-state index >= 15 is 0 Å². The third-order valence-electron chi connectivity index (χ3n) is 2.10. The summed E-state index contributed by atoms with van der Waals surface area (Å²) in [6.07, 6.45) is 0.973. The van der Waals surface area contributed by atoms with Gasteiger partial charge in [0.05, 0.1) is 16.8 Å². The summed E-state index contributed by atoms with van der Waals surface area (Å²) in [7, 11) is -4.76. The zero-order valence-electron chi connectivity index (χ0n) is 10.9. The molecule has 0 unspecified atom stereocenters. The number of ether oxygens (including phenoxy) is 1. The molecular formula is C13H16F2O3S. The maximum absolute atomic E-state index is 13.7. The molecule has 0 amide bonds. The average molecular weight is 290 g/mol. The molecule has 0 radical (unpaired) electrons. The Balaban J connectivity index is 3.00. The molecule has 0 aliphatic rings. The van der Waals surface area contributed by atoms with Gasteiger partial charge in [-0.05, 0) is 32.9 Å². The Labute approximate surface area is 111 Å². The van der Waals surface area contributed by atoms with Crippen molar-refractivity contribution in [3.05, 3.63) is 42.7 Å². The number of sulfone groups is 1. The lowest BCUT2D eigenvalue weighted by Gasteiger charge is -2.19. The number of halogens is 2. The van der Waals surface area contributed by atoms with Crippen LogP contribution >= 0.6 is 0 Å². The van der Waals surface area contributed by atoms with Crippen molar-refractivity contribution in [2.24, 2.45) is 0 Å². The minimum Gasteiger partial charge on any atom is -0.496 e. The molecule has 0 heterocycles. The summed E-state index contributed by atoms with van der Waals surface area (Å²) in [6, 6.07) is 6.58. The van der Waals surface area contributed by atoms with Gasteiger partial charge >= 0.3 is 5.25 Å². The summed E-state index contributed by atoms with van der Waals surface area (Å²) in [5.41, 5.74) is -0.664. The summed E-state index contributed by atoms with van der Waals surface area (Å²) in [6.45, 7) is 5.00. The van der Waals surface area contributed by atoms with Crippen molar-refractivity contribution in [3.8, 4) is 0 Å². The molecule has 1 rings (SSSR count). The van der Waals surface area contributed by atoms with Crippen LogP contribution in [0.3, 0.4) is 0 Å². The molecule has 0 aromatic heterocycles. The summed E-state index contributed by atoms with van der Waals surface area (Å²) in [4.78, 5) is -0.430. The second-order valence-electron chi connectivity index (χ2n) is 4.91. The van der Waals surface area contributed by atoms with E-state index in [1.165, 1.54) is 12.1 Å². The predicted octanol–water partition coefficient (Wildman–Crippen LogP) is 3.38. The van der Waals surface area contributed by atoms with E-state index in [1.54, 1.807) is 26.8 Å². The van der Waals surface area contributed by atoms with Crippen LogP contribution in [-0.2, 0) is 14.6 Å². The summed E-state index contributed by atoms with van der Waals surface area (Å²) >= 11 is 0. The van der Waals surface area contributed by atoms with Crippen molar-refractivity contribution >= 4 is 9.84 Å². The van der Waals surface area contributed by atoms with Crippen LogP contribution in [0.1, 0.15) is 20.8 Å². The molecule has 0 fully saturated rings. The van der Waals surface area contributed by atoms with Gasteiger partial charge in [-0.2, -0.15) is 8.78 Å². The van der Waals surface area contributed by atoms with Gasteiger partial charge in [-0.1, -0.05) is 18.2 Å². The molecule has 3 nitrogen and oxygen atoms in total. The predicted molar refractivity (Wildman–Crippen MR) is 68.6 cm³/mol. The molecule has 0 N–H and O–H groups in total. The van der Waals surface area contributed by atoms with Gasteiger partial charge in [-0.25, -0.2) is 8.42 Å². The lowest BCUT2D eigenvalue weighted by Crippen LogP contribution is -2.27. The van der Waals surface area contributed by atoms with Gasteiger partial charge in [0.1, 0.15) is 0 Å². The molecule has 1 aromatic rings. The first-order chi connectivity index (χ1) is 8.56. The Kier molecular flexibility index (Phi) is 4.35. The molecule has 0 aliphatic heterocycles. The van der Waals surface area contributed by atoms with Crippen LogP contribution in [0.4, 0.5) is 8.78 Å². The topological polar surface area (TPSA) is 43.4 Å². The van der Waals surface area contributed by atoms with Gasteiger partial charge in [-0.3, -0.25) is 0 Å². The Morgan fingerprint density at radius 2 is 1.63 bits per heavy atom. The third kappa shape index (κ3) is 4.02. The third-order valence-corrected chi connectivity index (χ3v) is 3.84. The van der Waals surface area contributed by atoms with E-state index in [9.17, 15) is 17.2 Å². The molecular weight excluding hydrogens is 274 g/mol. The Bertz CT molecular complexity index is 543. The maximum Gasteiger partial charge on any atom is 0.371 e. The molecule has 0 atom stereocenters. The summed E-state index contributed by atoms with van der Waals surface area (Å²) in [5, 5.41) is -4.01. The molecule has 106 valence electrons. The van der Waals surface area contributed by atoms with Crippen LogP contribution in [0, 0.1) is 0 Å². The highest BCUT2D eigenvalue weighted by molar-refractivity contribution is 7.92. The fourth-order valence-electron chi connectivity index (χ4n) is 1.16. The van der Waals surface area contributed by atoms with Crippen molar-refractivity contribution in [2.75, 3.05) is 0 Å². The largest absolute Gasteiger partial charge is 0.496 e. The lowest BCUT2D eigenvalue weighted by atomic mass is 10.2. The number of benzene rings is 1. The SMILES string of the molecule is CC(C)(C)O/C=C/C(F)(F)S(=O)(=O)c1ccccc1. The van der Waals surface area contributed by atoms with Gasteiger partial charge in [0.2, 0.25) is 9.84 Å². The van der Waals surface area contributed by atoms with Gasteiger partial charge in [-0.15, -0.1) is 0 Å². The van der Waals surface area contributed by atoms with Crippen molar-refractivity contribution in [2.45, 2.75) is 36.5 Å². The zero-order chi connectivity index (χ0) is 14.7. The van der Waals surface area contributed by atoms with Crippen molar-refractivity contribution in [1.82, 2.24) is 0 Å². The lowest BCUT2D eigenvalue weighted by molar-refractivity contribution is 0.0694. The Hall–Kier alpha value is -1.43. The van der Waals surface area contributed by atoms with Crippen molar-refractivity contribution in [3.63, 3.8) is 0 Å². The monoisotopic (exact) mass is 290 g/mol. The van der Waals surface area contributed by atoms with Gasteiger partial charge in [0, 0.05) is 6.08 Å². The molecule has 6 heteroatoms. The maximum atomic E-state index is 13.7. The van der Waals surface area contributed by atoms with Gasteiger partial charge < -0.3 is 4.74 Å². The number of alkyl halides is 2. The summed E-state index contributed by atoms with van der Waals surface area (Å²) in [5.74, 6) is 0. The van der Waals surface area contributed by atoms with Crippen LogP contribution < -0.4 is 0 Å². The fraction of sp³-hybridized carbons (Fsp3) is 0.385. The number of hydrogen-bond donors (Lipinski definition) is 0. The van der Waals surface area contributed by atoms with E-state index < -0.39 is 25.6 Å². The second kappa shape index (κ2) is 5.28. The molecule has 0 spiro atoms. The smallest absolute Gasteiger partial charge is 0.371 e.